The van der Waals surface area contributed by atoms with E-state index in [-0.39, 0.29) is 5.75 Å². The molecule has 0 aliphatic heterocycles. The van der Waals surface area contributed by atoms with Gasteiger partial charge in [-0.05, 0) is 30.2 Å². The zero-order valence-electron chi connectivity index (χ0n) is 6.60. The van der Waals surface area contributed by atoms with E-state index in [1.807, 2.05) is 6.07 Å². The van der Waals surface area contributed by atoms with Crippen LogP contribution in [-0.4, -0.2) is 11.4 Å². The van der Waals surface area contributed by atoms with Crippen molar-refractivity contribution in [3.8, 4) is 5.75 Å². The third-order valence-corrected chi connectivity index (χ3v) is 1.48. The van der Waals surface area contributed by atoms with Gasteiger partial charge in [0.05, 0.1) is 0 Å². The topological polar surface area (TPSA) is 37.3 Å². The van der Waals surface area contributed by atoms with Gasteiger partial charge >= 0.3 is 0 Å². The molecule has 0 aliphatic carbocycles. The van der Waals surface area contributed by atoms with E-state index in [1.54, 1.807) is 24.3 Å². The molecule has 1 N–H and O–H groups in total. The summed E-state index contributed by atoms with van der Waals surface area (Å²) < 4.78 is 0. The number of aldehydes is 1. The van der Waals surface area contributed by atoms with Gasteiger partial charge in [-0.15, -0.1) is 0 Å². The SMILES string of the molecule is O=C/C=C/Cc1cccc(O)c1. The third kappa shape index (κ3) is 2.58. The lowest BCUT2D eigenvalue weighted by Gasteiger charge is -1.95. The molecule has 0 radical (unpaired) electrons. The first kappa shape index (κ1) is 8.53. The van der Waals surface area contributed by atoms with Gasteiger partial charge in [-0.2, -0.15) is 0 Å². The predicted molar refractivity (Wildman–Crippen MR) is 47.0 cm³/mol. The van der Waals surface area contributed by atoms with Crippen molar-refractivity contribution in [1.82, 2.24) is 0 Å². The normalized spacial score (nSPS) is 10.3. The Kier molecular flexibility index (Phi) is 3.08. The van der Waals surface area contributed by atoms with Gasteiger partial charge in [0.25, 0.3) is 0 Å². The summed E-state index contributed by atoms with van der Waals surface area (Å²) in [5, 5.41) is 9.08. The highest BCUT2D eigenvalue weighted by Crippen LogP contribution is 2.11. The molecule has 0 spiro atoms. The quantitative estimate of drug-likeness (QED) is 0.542. The molecule has 1 aromatic carbocycles. The van der Waals surface area contributed by atoms with Gasteiger partial charge in [-0.3, -0.25) is 4.79 Å². The first-order chi connectivity index (χ1) is 5.83. The largest absolute Gasteiger partial charge is 0.508 e. The molecule has 1 rings (SSSR count). The number of carbonyl (C=O) groups excluding carboxylic acids is 1. The van der Waals surface area contributed by atoms with E-state index in [0.29, 0.717) is 6.42 Å². The monoisotopic (exact) mass is 162 g/mol. The molecule has 0 atom stereocenters. The standard InChI is InChI=1S/C10H10O2/c11-7-2-1-4-9-5-3-6-10(12)8-9/h1-3,5-8,12H,4H2/b2-1+. The average Bonchev–Trinajstić information content (AvgIpc) is 2.05. The van der Waals surface area contributed by atoms with Crippen LogP contribution < -0.4 is 0 Å². The highest BCUT2D eigenvalue weighted by Gasteiger charge is 1.90. The molecule has 0 heterocycles. The van der Waals surface area contributed by atoms with Crippen LogP contribution in [-0.2, 0) is 11.2 Å². The molecule has 0 amide bonds. The van der Waals surface area contributed by atoms with E-state index in [2.05, 4.69) is 0 Å². The van der Waals surface area contributed by atoms with Crippen LogP contribution in [0.5, 0.6) is 5.75 Å². The number of hydrogen-bond acceptors (Lipinski definition) is 2. The van der Waals surface area contributed by atoms with Crippen LogP contribution in [0.15, 0.2) is 36.4 Å². The molecular weight excluding hydrogens is 152 g/mol. The molecule has 0 aliphatic rings. The minimum atomic E-state index is 0.256. The molecule has 1 aromatic rings. The summed E-state index contributed by atoms with van der Waals surface area (Å²) in [6, 6.07) is 6.97. The van der Waals surface area contributed by atoms with Crippen molar-refractivity contribution in [2.24, 2.45) is 0 Å². The molecule has 2 nitrogen and oxygen atoms in total. The Morgan fingerprint density at radius 1 is 1.42 bits per heavy atom. The third-order valence-electron chi connectivity index (χ3n) is 1.48. The van der Waals surface area contributed by atoms with Crippen LogP contribution in [0.3, 0.4) is 0 Å². The Morgan fingerprint density at radius 2 is 2.25 bits per heavy atom. The summed E-state index contributed by atoms with van der Waals surface area (Å²) >= 11 is 0. The van der Waals surface area contributed by atoms with Crippen LogP contribution in [0.25, 0.3) is 0 Å². The molecule has 0 fully saturated rings. The smallest absolute Gasteiger partial charge is 0.142 e. The summed E-state index contributed by atoms with van der Waals surface area (Å²) in [5.41, 5.74) is 0.994. The van der Waals surface area contributed by atoms with Crippen LogP contribution in [0.1, 0.15) is 5.56 Å². The minimum absolute atomic E-state index is 0.256. The molecule has 0 unspecified atom stereocenters. The number of rotatable bonds is 3. The van der Waals surface area contributed by atoms with Crippen molar-refractivity contribution >= 4 is 6.29 Å². The molecule has 0 saturated carbocycles. The van der Waals surface area contributed by atoms with Crippen LogP contribution in [0.4, 0.5) is 0 Å². The number of carbonyl (C=O) groups is 1. The van der Waals surface area contributed by atoms with Crippen molar-refractivity contribution in [1.29, 1.82) is 0 Å². The van der Waals surface area contributed by atoms with Crippen molar-refractivity contribution < 1.29 is 9.90 Å². The summed E-state index contributed by atoms with van der Waals surface area (Å²) in [7, 11) is 0. The zero-order chi connectivity index (χ0) is 8.81. The first-order valence-electron chi connectivity index (χ1n) is 3.71. The second-order valence-corrected chi connectivity index (χ2v) is 2.44. The number of allylic oxidation sites excluding steroid dienone is 2. The van der Waals surface area contributed by atoms with Gasteiger partial charge in [0.2, 0.25) is 0 Å². The van der Waals surface area contributed by atoms with Gasteiger partial charge < -0.3 is 5.11 Å². The van der Waals surface area contributed by atoms with E-state index >= 15 is 0 Å². The van der Waals surface area contributed by atoms with E-state index < -0.39 is 0 Å². The fourth-order valence-electron chi connectivity index (χ4n) is 0.943. The van der Waals surface area contributed by atoms with Gasteiger partial charge in [0, 0.05) is 0 Å². The van der Waals surface area contributed by atoms with Gasteiger partial charge in [0.15, 0.2) is 0 Å². The second kappa shape index (κ2) is 4.34. The van der Waals surface area contributed by atoms with Gasteiger partial charge in [-0.25, -0.2) is 0 Å². The maximum absolute atomic E-state index is 9.93. The van der Waals surface area contributed by atoms with Crippen molar-refractivity contribution in [2.45, 2.75) is 6.42 Å². The Hall–Kier alpha value is -1.57. The molecule has 0 aromatic heterocycles. The zero-order valence-corrected chi connectivity index (χ0v) is 6.60. The molecule has 12 heavy (non-hydrogen) atoms. The second-order valence-electron chi connectivity index (χ2n) is 2.44. The molecule has 0 bridgehead atoms. The predicted octanol–water partition coefficient (Wildman–Crippen LogP) is 1.69. The molecule has 62 valence electrons. The minimum Gasteiger partial charge on any atom is -0.508 e. The lowest BCUT2D eigenvalue weighted by molar-refractivity contribution is -0.104. The van der Waals surface area contributed by atoms with Crippen molar-refractivity contribution in [2.75, 3.05) is 0 Å². The lowest BCUT2D eigenvalue weighted by atomic mass is 10.1. The molecular formula is C10H10O2. The van der Waals surface area contributed by atoms with E-state index in [4.69, 9.17) is 5.11 Å². The molecule has 2 heteroatoms. The maximum Gasteiger partial charge on any atom is 0.142 e. The highest BCUT2D eigenvalue weighted by atomic mass is 16.3. The average molecular weight is 162 g/mol. The van der Waals surface area contributed by atoms with Gasteiger partial charge in [-0.1, -0.05) is 18.2 Å². The van der Waals surface area contributed by atoms with Crippen LogP contribution in [0.2, 0.25) is 0 Å². The number of benzene rings is 1. The first-order valence-corrected chi connectivity index (χ1v) is 3.71. The summed E-state index contributed by atoms with van der Waals surface area (Å²) in [6.45, 7) is 0. The fourth-order valence-corrected chi connectivity index (χ4v) is 0.943. The van der Waals surface area contributed by atoms with E-state index in [0.717, 1.165) is 11.8 Å². The van der Waals surface area contributed by atoms with E-state index in [9.17, 15) is 4.79 Å². The van der Waals surface area contributed by atoms with Crippen LogP contribution in [0, 0.1) is 0 Å². The lowest BCUT2D eigenvalue weighted by Crippen LogP contribution is -1.79. The summed E-state index contributed by atoms with van der Waals surface area (Å²) in [5.74, 6) is 0.256. The Bertz CT molecular complexity index is 290. The van der Waals surface area contributed by atoms with Crippen LogP contribution >= 0.6 is 0 Å². The number of hydrogen-bond donors (Lipinski definition) is 1. The number of aromatic hydroxyl groups is 1. The number of phenols is 1. The Morgan fingerprint density at radius 3 is 2.92 bits per heavy atom. The molecule has 0 saturated heterocycles. The maximum atomic E-state index is 9.93. The Labute approximate surface area is 71.2 Å². The van der Waals surface area contributed by atoms with Crippen molar-refractivity contribution in [3.63, 3.8) is 0 Å². The number of phenolic OH excluding ortho intramolecular Hbond substituents is 1. The summed E-state index contributed by atoms with van der Waals surface area (Å²) in [4.78, 5) is 9.93. The Balaban J connectivity index is 2.63. The summed E-state index contributed by atoms with van der Waals surface area (Å²) in [6.07, 6.45) is 4.61. The van der Waals surface area contributed by atoms with Crippen molar-refractivity contribution in [3.05, 3.63) is 42.0 Å². The van der Waals surface area contributed by atoms with E-state index in [1.165, 1.54) is 6.08 Å². The highest BCUT2D eigenvalue weighted by molar-refractivity contribution is 5.64. The fraction of sp³-hybridized carbons (Fsp3) is 0.100. The van der Waals surface area contributed by atoms with Gasteiger partial charge in [0.1, 0.15) is 12.0 Å².